The van der Waals surface area contributed by atoms with Crippen LogP contribution in [0, 0.1) is 0 Å². The molecule has 0 rings (SSSR count). The van der Waals surface area contributed by atoms with Gasteiger partial charge in [0.25, 0.3) is 0 Å². The number of hydrogen-bond acceptors (Lipinski definition) is 0. The molecule has 100 valence electrons. The first kappa shape index (κ1) is 21.9. The van der Waals surface area contributed by atoms with Crippen molar-refractivity contribution in [2.75, 3.05) is 12.3 Å². The predicted octanol–water partition coefficient (Wildman–Crippen LogP) is 5.21. The summed E-state index contributed by atoms with van der Waals surface area (Å²) in [7, 11) is 7.82. The van der Waals surface area contributed by atoms with Gasteiger partial charge in [-0.1, -0.05) is 39.3 Å². The van der Waals surface area contributed by atoms with Crippen LogP contribution >= 0.6 is 18.8 Å². The second-order valence-electron chi connectivity index (χ2n) is 5.52. The van der Waals surface area contributed by atoms with E-state index in [1.165, 1.54) is 0 Å². The Morgan fingerprint density at radius 2 is 0.867 bits per heavy atom. The zero-order chi connectivity index (χ0) is 13.1. The molecule has 0 atom stereocenters. The summed E-state index contributed by atoms with van der Waals surface area (Å²) in [5, 5.41) is 0. The van der Waals surface area contributed by atoms with E-state index in [1.54, 1.807) is 0 Å². The summed E-state index contributed by atoms with van der Waals surface area (Å²) >= 11 is -0.472. The van der Waals surface area contributed by atoms with Crippen LogP contribution in [-0.4, -0.2) is 28.5 Å². The molecular formula is C8H24Cl2N2PtSi2-2. The first-order chi connectivity index (χ1) is 6.54. The minimum absolute atomic E-state index is 0.472. The monoisotopic (exact) mass is 469 g/mol. The van der Waals surface area contributed by atoms with E-state index in [0.717, 1.165) is 0 Å². The van der Waals surface area contributed by atoms with Gasteiger partial charge in [-0.25, -0.2) is 0 Å². The van der Waals surface area contributed by atoms with Gasteiger partial charge < -0.3 is 11.5 Å². The van der Waals surface area contributed by atoms with Gasteiger partial charge in [-0.3, -0.25) is 0 Å². The van der Waals surface area contributed by atoms with Crippen LogP contribution in [0.3, 0.4) is 0 Å². The van der Waals surface area contributed by atoms with Crippen molar-refractivity contribution in [3.63, 3.8) is 0 Å². The molecule has 2 N–H and O–H groups in total. The summed E-state index contributed by atoms with van der Waals surface area (Å²) in [6.07, 6.45) is 1.32. The van der Waals surface area contributed by atoms with Gasteiger partial charge in [0, 0.05) is 16.1 Å². The summed E-state index contributed by atoms with van der Waals surface area (Å²) in [6, 6.07) is 0. The van der Waals surface area contributed by atoms with Gasteiger partial charge in [-0.05, 0) is 0 Å². The van der Waals surface area contributed by atoms with Gasteiger partial charge in [0.05, 0.1) is 0 Å². The van der Waals surface area contributed by atoms with E-state index in [2.05, 4.69) is 39.3 Å². The van der Waals surface area contributed by atoms with Crippen LogP contribution < -0.4 is 0 Å². The third kappa shape index (κ3) is 49.9. The van der Waals surface area contributed by atoms with Crippen LogP contribution in [0.4, 0.5) is 0 Å². The van der Waals surface area contributed by atoms with Crippen molar-refractivity contribution in [1.29, 1.82) is 0 Å². The van der Waals surface area contributed by atoms with Crippen LogP contribution in [0.15, 0.2) is 0 Å². The topological polar surface area (TPSA) is 47.6 Å². The predicted molar refractivity (Wildman–Crippen MR) is 76.8 cm³/mol. The fourth-order valence-electron chi connectivity index (χ4n) is 0. The molecule has 0 bridgehead atoms. The van der Waals surface area contributed by atoms with E-state index in [9.17, 15) is 0 Å². The first-order valence-electron chi connectivity index (χ1n) is 4.65. The maximum atomic E-state index is 6.92. The van der Waals surface area contributed by atoms with Gasteiger partial charge in [0.1, 0.15) is 0 Å². The average molecular weight is 470 g/mol. The van der Waals surface area contributed by atoms with Crippen LogP contribution in [0.5, 0.6) is 0 Å². The Morgan fingerprint density at radius 1 is 0.800 bits per heavy atom. The van der Waals surface area contributed by atoms with Gasteiger partial charge in [-0.15, -0.1) is 0 Å². The Hall–Kier alpha value is 1.62. The molecule has 0 aromatic carbocycles. The van der Waals surface area contributed by atoms with Crippen LogP contribution in [0.25, 0.3) is 11.5 Å². The normalized spacial score (nSPS) is 11.1. The van der Waals surface area contributed by atoms with E-state index in [4.69, 9.17) is 30.3 Å². The number of halogens is 2. The van der Waals surface area contributed by atoms with Crippen molar-refractivity contribution in [2.24, 2.45) is 0 Å². The van der Waals surface area contributed by atoms with Gasteiger partial charge in [-0.2, -0.15) is 12.3 Å². The molecule has 0 saturated carbocycles. The van der Waals surface area contributed by atoms with E-state index in [-0.39, 0.29) is 0 Å². The molecule has 0 aliphatic rings. The van der Waals surface area contributed by atoms with Crippen LogP contribution in [-0.2, 0) is 16.5 Å². The molecule has 0 aliphatic heterocycles. The van der Waals surface area contributed by atoms with E-state index in [1.807, 2.05) is 0 Å². The Labute approximate surface area is 114 Å². The molecule has 15 heavy (non-hydrogen) atoms. The average Bonchev–Trinajstić information content (AvgIpc) is 2.04. The summed E-state index contributed by atoms with van der Waals surface area (Å²) in [5.74, 6) is 0. The van der Waals surface area contributed by atoms with E-state index < -0.39 is 32.6 Å². The van der Waals surface area contributed by atoms with Crippen LogP contribution in [0.1, 0.15) is 0 Å². The van der Waals surface area contributed by atoms with Crippen molar-refractivity contribution in [2.45, 2.75) is 39.3 Å². The molecule has 0 saturated heterocycles. The molecule has 0 radical (unpaired) electrons. The summed E-state index contributed by atoms with van der Waals surface area (Å²) in [6.45, 7) is 13.2. The number of hydrogen-bond donors (Lipinski definition) is 0. The van der Waals surface area contributed by atoms with Crippen molar-refractivity contribution in [3.8, 4) is 0 Å². The number of rotatable bonds is 2. The Bertz CT molecular complexity index is 113. The fraction of sp³-hybridized carbons (Fsp3) is 1.00. The molecule has 0 aromatic heterocycles. The Kier molecular flexibility index (Phi) is 17.6. The summed E-state index contributed by atoms with van der Waals surface area (Å²) in [4.78, 5) is 0. The van der Waals surface area contributed by atoms with Gasteiger partial charge in [0.15, 0.2) is 0 Å². The molecular weight excluding hydrogens is 446 g/mol. The fourth-order valence-corrected chi connectivity index (χ4v) is 0. The third-order valence-electron chi connectivity index (χ3n) is 1.06. The zero-order valence-electron chi connectivity index (χ0n) is 10.5. The van der Waals surface area contributed by atoms with Crippen molar-refractivity contribution >= 4 is 35.0 Å². The minimum atomic E-state index is -0.965. The maximum absolute atomic E-state index is 6.92. The first-order valence-corrected chi connectivity index (χ1v) is 17.7. The Morgan fingerprint density at radius 3 is 0.867 bits per heavy atom. The Balaban J connectivity index is -0.000000153. The molecule has 0 heterocycles. The van der Waals surface area contributed by atoms with Crippen molar-refractivity contribution < 1.29 is 16.5 Å². The van der Waals surface area contributed by atoms with Crippen LogP contribution in [0.2, 0.25) is 39.3 Å². The van der Waals surface area contributed by atoms with Crippen molar-refractivity contribution in [3.05, 3.63) is 11.5 Å². The van der Waals surface area contributed by atoms with Gasteiger partial charge >= 0.3 is 35.3 Å². The second kappa shape index (κ2) is 12.1. The summed E-state index contributed by atoms with van der Waals surface area (Å²) in [5.41, 5.74) is 13.8. The third-order valence-corrected chi connectivity index (χ3v) is 3.18. The molecule has 0 aromatic rings. The molecule has 7 heteroatoms. The molecule has 0 unspecified atom stereocenters. The van der Waals surface area contributed by atoms with Gasteiger partial charge in [0.2, 0.25) is 0 Å². The second-order valence-corrected chi connectivity index (χ2v) is 19.8. The zero-order valence-corrected chi connectivity index (χ0v) is 16.3. The standard InChI is InChI=1S/2C4H12NSi.2ClH.Pt/c2*1-6(2,3)4-5;;;/h2*5H,4H2,1-3H3;2*1H;/q2*-1;;;+2/p-2. The van der Waals surface area contributed by atoms with Crippen molar-refractivity contribution in [1.82, 2.24) is 0 Å². The molecule has 0 spiro atoms. The molecule has 2 nitrogen and oxygen atoms in total. The molecule has 0 fully saturated rings. The number of nitrogens with one attached hydrogen (secondary N) is 2. The SMILES string of the molecule is C[Si](C)(C)C[NH-].C[Si](C)(C)C[NH-].[Cl][Pt][Cl]. The molecule has 0 aliphatic carbocycles. The quantitative estimate of drug-likeness (QED) is 0.498. The van der Waals surface area contributed by atoms with E-state index in [0.29, 0.717) is 12.3 Å². The van der Waals surface area contributed by atoms with E-state index >= 15 is 0 Å². The molecule has 0 amide bonds. The summed E-state index contributed by atoms with van der Waals surface area (Å²) < 4.78 is 0.